The molecule has 0 spiro atoms. The fraction of sp³-hybridized carbons (Fsp3) is 0.0588. The molecule has 0 aliphatic rings. The number of nitrogens with zero attached hydrogens (tertiary/aromatic N) is 3. The lowest BCUT2D eigenvalue weighted by molar-refractivity contribution is -0.141. The molecule has 0 fully saturated rings. The van der Waals surface area contributed by atoms with Crippen molar-refractivity contribution in [2.24, 2.45) is 0 Å². The van der Waals surface area contributed by atoms with Crippen molar-refractivity contribution in [3.63, 3.8) is 0 Å². The first-order valence-corrected chi connectivity index (χ1v) is 8.51. The van der Waals surface area contributed by atoms with Gasteiger partial charge in [-0.05, 0) is 48.5 Å². The summed E-state index contributed by atoms with van der Waals surface area (Å²) in [6, 6.07) is 11.0. The number of nitriles is 1. The van der Waals surface area contributed by atoms with E-state index in [0.29, 0.717) is 0 Å². The lowest BCUT2D eigenvalue weighted by Gasteiger charge is -2.08. The first-order chi connectivity index (χ1) is 12.7. The number of benzene rings is 2. The Balaban J connectivity index is 2.31. The summed E-state index contributed by atoms with van der Waals surface area (Å²) in [5, 5.41) is 12.8. The van der Waals surface area contributed by atoms with Gasteiger partial charge in [0.25, 0.3) is 0 Å². The van der Waals surface area contributed by atoms with Crippen LogP contribution < -0.4 is 0 Å². The van der Waals surface area contributed by atoms with E-state index in [1.807, 2.05) is 0 Å². The highest BCUT2D eigenvalue weighted by atomic mass is 32.2. The minimum atomic E-state index is -4.89. The summed E-state index contributed by atoms with van der Waals surface area (Å²) in [4.78, 5) is -0.0270. The molecule has 1 aromatic heterocycles. The van der Waals surface area contributed by atoms with Crippen LogP contribution in [0.15, 0.2) is 53.4 Å². The van der Waals surface area contributed by atoms with Crippen LogP contribution in [0.5, 0.6) is 0 Å². The minimum Gasteiger partial charge on any atom is -0.231 e. The summed E-state index contributed by atoms with van der Waals surface area (Å²) in [6.45, 7) is 0. The van der Waals surface area contributed by atoms with E-state index in [4.69, 9.17) is 0 Å². The van der Waals surface area contributed by atoms with Gasteiger partial charge < -0.3 is 0 Å². The summed E-state index contributed by atoms with van der Waals surface area (Å²) >= 11 is 0. The van der Waals surface area contributed by atoms with Crippen LogP contribution in [0, 0.1) is 17.1 Å². The van der Waals surface area contributed by atoms with E-state index in [0.717, 1.165) is 16.8 Å². The Morgan fingerprint density at radius 1 is 1.00 bits per heavy atom. The molecule has 0 saturated heterocycles. The molecule has 0 atom stereocenters. The third-order valence-electron chi connectivity index (χ3n) is 3.69. The van der Waals surface area contributed by atoms with Crippen LogP contribution in [0.4, 0.5) is 17.6 Å². The van der Waals surface area contributed by atoms with Gasteiger partial charge >= 0.3 is 6.18 Å². The number of rotatable bonds is 3. The molecule has 0 bridgehead atoms. The fourth-order valence-corrected chi connectivity index (χ4v) is 2.89. The third-order valence-corrected chi connectivity index (χ3v) is 4.41. The molecule has 5 nitrogen and oxygen atoms in total. The Kier molecular flexibility index (Phi) is 4.72. The van der Waals surface area contributed by atoms with E-state index < -0.39 is 34.0 Å². The molecular formula is C17H9F4N3O2S. The van der Waals surface area contributed by atoms with Crippen molar-refractivity contribution in [2.75, 3.05) is 0 Å². The molecule has 0 amide bonds. The quantitative estimate of drug-likeness (QED) is 0.544. The van der Waals surface area contributed by atoms with E-state index in [1.165, 1.54) is 42.5 Å². The molecular weight excluding hydrogens is 386 g/mol. The molecule has 0 unspecified atom stereocenters. The highest BCUT2D eigenvalue weighted by Gasteiger charge is 2.40. The van der Waals surface area contributed by atoms with Crippen molar-refractivity contribution < 1.29 is 26.0 Å². The standard InChI is InChI=1S/C17H9F4N3O2S/c18-11-3-1-10(2-4-11)15-14(9-22)16(17(19,20)21)23-24(15)12-5-7-13(8-6-12)27(25)26/h1-8,27H. The predicted octanol–water partition coefficient (Wildman–Crippen LogP) is 3.54. The largest absolute Gasteiger partial charge is 0.436 e. The topological polar surface area (TPSA) is 75.8 Å². The summed E-state index contributed by atoms with van der Waals surface area (Å²) in [7, 11) is -2.86. The zero-order valence-electron chi connectivity index (χ0n) is 13.2. The summed E-state index contributed by atoms with van der Waals surface area (Å²) in [5.74, 6) is -0.594. The van der Waals surface area contributed by atoms with Crippen LogP contribution in [-0.2, 0) is 16.9 Å². The van der Waals surface area contributed by atoms with Crippen LogP contribution >= 0.6 is 0 Å². The van der Waals surface area contributed by atoms with Crippen molar-refractivity contribution in [3.8, 4) is 23.0 Å². The van der Waals surface area contributed by atoms with Crippen LogP contribution in [-0.4, -0.2) is 18.2 Å². The molecule has 3 rings (SSSR count). The second-order valence-corrected chi connectivity index (χ2v) is 6.40. The van der Waals surface area contributed by atoms with Gasteiger partial charge in [-0.2, -0.15) is 23.5 Å². The van der Waals surface area contributed by atoms with Gasteiger partial charge in [0.05, 0.1) is 16.3 Å². The van der Waals surface area contributed by atoms with E-state index >= 15 is 0 Å². The molecule has 138 valence electrons. The molecule has 0 saturated carbocycles. The van der Waals surface area contributed by atoms with E-state index in [-0.39, 0.29) is 21.8 Å². The normalized spacial score (nSPS) is 11.6. The molecule has 10 heteroatoms. The Labute approximate surface area is 152 Å². The van der Waals surface area contributed by atoms with E-state index in [2.05, 4.69) is 5.10 Å². The van der Waals surface area contributed by atoms with Crippen molar-refractivity contribution in [3.05, 3.63) is 65.6 Å². The van der Waals surface area contributed by atoms with Crippen LogP contribution in [0.25, 0.3) is 16.9 Å². The lowest BCUT2D eigenvalue weighted by Crippen LogP contribution is -2.08. The van der Waals surface area contributed by atoms with Crippen molar-refractivity contribution >= 4 is 10.7 Å². The van der Waals surface area contributed by atoms with Crippen molar-refractivity contribution in [1.82, 2.24) is 9.78 Å². The van der Waals surface area contributed by atoms with Crippen molar-refractivity contribution in [1.29, 1.82) is 5.26 Å². The van der Waals surface area contributed by atoms with Gasteiger partial charge in [-0.1, -0.05) is 0 Å². The summed E-state index contributed by atoms with van der Waals surface area (Å²) in [6.07, 6.45) is -4.89. The Hall–Kier alpha value is -3.19. The summed E-state index contributed by atoms with van der Waals surface area (Å²) in [5.41, 5.74) is -2.02. The van der Waals surface area contributed by atoms with Gasteiger partial charge in [0.2, 0.25) is 0 Å². The number of aromatic nitrogens is 2. The van der Waals surface area contributed by atoms with Gasteiger partial charge in [0.1, 0.15) is 17.4 Å². The zero-order chi connectivity index (χ0) is 19.8. The average molecular weight is 395 g/mol. The number of alkyl halides is 3. The van der Waals surface area contributed by atoms with Crippen LogP contribution in [0.3, 0.4) is 0 Å². The number of halogens is 4. The van der Waals surface area contributed by atoms with Gasteiger partial charge in [-0.15, -0.1) is 0 Å². The smallest absolute Gasteiger partial charge is 0.231 e. The second kappa shape index (κ2) is 6.85. The SMILES string of the molecule is N#Cc1c(C(F)(F)F)nn(-c2ccc([SH](=O)=O)cc2)c1-c1ccc(F)cc1. The highest BCUT2D eigenvalue weighted by molar-refractivity contribution is 7.72. The maximum absolute atomic E-state index is 13.3. The van der Waals surface area contributed by atoms with Crippen LogP contribution in [0.2, 0.25) is 0 Å². The molecule has 0 radical (unpaired) electrons. The minimum absolute atomic E-state index is 0.0270. The van der Waals surface area contributed by atoms with Gasteiger partial charge in [0, 0.05) is 5.56 Å². The average Bonchev–Trinajstić information content (AvgIpc) is 3.02. The molecule has 0 N–H and O–H groups in total. The van der Waals surface area contributed by atoms with E-state index in [1.54, 1.807) is 0 Å². The maximum atomic E-state index is 13.3. The van der Waals surface area contributed by atoms with Gasteiger partial charge in [-0.25, -0.2) is 17.5 Å². The molecule has 1 heterocycles. The Bertz CT molecular complexity index is 1100. The van der Waals surface area contributed by atoms with Crippen LogP contribution in [0.1, 0.15) is 11.3 Å². The predicted molar refractivity (Wildman–Crippen MR) is 87.3 cm³/mol. The molecule has 3 aromatic rings. The number of thiol groups is 1. The molecule has 0 aliphatic heterocycles. The highest BCUT2D eigenvalue weighted by Crippen LogP contribution is 2.37. The molecule has 0 aliphatic carbocycles. The maximum Gasteiger partial charge on any atom is 0.436 e. The fourth-order valence-electron chi connectivity index (χ4n) is 2.50. The Morgan fingerprint density at radius 2 is 1.59 bits per heavy atom. The third kappa shape index (κ3) is 3.54. The van der Waals surface area contributed by atoms with Gasteiger partial charge in [0.15, 0.2) is 16.4 Å². The number of hydrogen-bond donors (Lipinski definition) is 1. The van der Waals surface area contributed by atoms with Gasteiger partial charge in [-0.3, -0.25) is 0 Å². The monoisotopic (exact) mass is 395 g/mol. The van der Waals surface area contributed by atoms with Crippen molar-refractivity contribution in [2.45, 2.75) is 11.1 Å². The second-order valence-electron chi connectivity index (χ2n) is 5.37. The Morgan fingerprint density at radius 3 is 2.07 bits per heavy atom. The number of hydrogen-bond acceptors (Lipinski definition) is 4. The first kappa shape index (κ1) is 18.6. The molecule has 27 heavy (non-hydrogen) atoms. The molecule has 2 aromatic carbocycles. The summed E-state index contributed by atoms with van der Waals surface area (Å²) < 4.78 is 76.0. The lowest BCUT2D eigenvalue weighted by atomic mass is 10.1. The first-order valence-electron chi connectivity index (χ1n) is 7.33. The zero-order valence-corrected chi connectivity index (χ0v) is 14.1. The van der Waals surface area contributed by atoms with E-state index in [9.17, 15) is 31.2 Å².